The van der Waals surface area contributed by atoms with E-state index in [-0.39, 0.29) is 23.7 Å². The average molecular weight is 212 g/mol. The van der Waals surface area contributed by atoms with E-state index in [0.29, 0.717) is 13.0 Å². The second-order valence-corrected chi connectivity index (χ2v) is 4.74. The van der Waals surface area contributed by atoms with Gasteiger partial charge in [-0.05, 0) is 20.0 Å². The minimum Gasteiger partial charge on any atom is -0.308 e. The fourth-order valence-corrected chi connectivity index (χ4v) is 1.76. The van der Waals surface area contributed by atoms with Gasteiger partial charge in [0.05, 0.1) is 0 Å². The Morgan fingerprint density at radius 2 is 2.00 bits per heavy atom. The van der Waals surface area contributed by atoms with Crippen LogP contribution < -0.4 is 0 Å². The van der Waals surface area contributed by atoms with Gasteiger partial charge in [-0.3, -0.25) is 14.5 Å². The van der Waals surface area contributed by atoms with Crippen LogP contribution in [0.25, 0.3) is 0 Å². The fourth-order valence-electron chi connectivity index (χ4n) is 1.76. The molecule has 0 radical (unpaired) electrons. The number of amides is 2. The van der Waals surface area contributed by atoms with E-state index in [9.17, 15) is 9.59 Å². The Kier molecular flexibility index (Phi) is 3.85. The van der Waals surface area contributed by atoms with E-state index >= 15 is 0 Å². The Labute approximate surface area is 91.2 Å². The average Bonchev–Trinajstić information content (AvgIpc) is 2.39. The zero-order chi connectivity index (χ0) is 11.6. The van der Waals surface area contributed by atoms with Gasteiger partial charge in [0.2, 0.25) is 11.8 Å². The van der Waals surface area contributed by atoms with E-state index in [0.717, 1.165) is 6.54 Å². The van der Waals surface area contributed by atoms with Gasteiger partial charge >= 0.3 is 0 Å². The van der Waals surface area contributed by atoms with Crippen LogP contribution in [0.4, 0.5) is 0 Å². The van der Waals surface area contributed by atoms with E-state index in [2.05, 4.69) is 0 Å². The molecule has 0 aromatic carbocycles. The molecule has 0 N–H and O–H groups in total. The maximum absolute atomic E-state index is 11.9. The number of hydrogen-bond acceptors (Lipinski definition) is 3. The number of nitrogens with zero attached hydrogens (tertiary/aromatic N) is 2. The second-order valence-electron chi connectivity index (χ2n) is 4.74. The van der Waals surface area contributed by atoms with Crippen LogP contribution in [0.1, 0.15) is 20.3 Å². The van der Waals surface area contributed by atoms with Crippen molar-refractivity contribution in [1.29, 1.82) is 0 Å². The highest BCUT2D eigenvalue weighted by atomic mass is 16.2. The Hall–Kier alpha value is -0.900. The Bertz CT molecular complexity index is 261. The maximum Gasteiger partial charge on any atom is 0.233 e. The summed E-state index contributed by atoms with van der Waals surface area (Å²) in [6.45, 7) is 5.24. The zero-order valence-electron chi connectivity index (χ0n) is 9.99. The monoisotopic (exact) mass is 212 g/mol. The molecule has 0 saturated carbocycles. The van der Waals surface area contributed by atoms with Crippen LogP contribution in [-0.2, 0) is 9.59 Å². The second kappa shape index (κ2) is 4.75. The number of imide groups is 1. The molecule has 1 saturated heterocycles. The van der Waals surface area contributed by atoms with Gasteiger partial charge in [0.15, 0.2) is 0 Å². The van der Waals surface area contributed by atoms with Gasteiger partial charge in [0.1, 0.15) is 0 Å². The molecule has 1 fully saturated rings. The number of carbonyl (C=O) groups is 2. The van der Waals surface area contributed by atoms with Crippen molar-refractivity contribution < 1.29 is 9.59 Å². The summed E-state index contributed by atoms with van der Waals surface area (Å²) in [6, 6.07) is 0. The Balaban J connectivity index is 2.59. The van der Waals surface area contributed by atoms with Gasteiger partial charge in [-0.15, -0.1) is 0 Å². The fraction of sp³-hybridized carbons (Fsp3) is 0.818. The van der Waals surface area contributed by atoms with Gasteiger partial charge in [0, 0.05) is 25.4 Å². The molecule has 0 aliphatic carbocycles. The van der Waals surface area contributed by atoms with Gasteiger partial charge in [0.25, 0.3) is 0 Å². The predicted octanol–water partition coefficient (Wildman–Crippen LogP) is 0.579. The highest BCUT2D eigenvalue weighted by Crippen LogP contribution is 2.25. The first kappa shape index (κ1) is 12.2. The predicted molar refractivity (Wildman–Crippen MR) is 58.2 cm³/mol. The summed E-state index contributed by atoms with van der Waals surface area (Å²) >= 11 is 0. The van der Waals surface area contributed by atoms with E-state index in [1.54, 1.807) is 0 Å². The Morgan fingerprint density at radius 3 is 2.40 bits per heavy atom. The molecule has 0 bridgehead atoms. The van der Waals surface area contributed by atoms with E-state index < -0.39 is 0 Å². The molecule has 1 unspecified atom stereocenters. The topological polar surface area (TPSA) is 40.6 Å². The van der Waals surface area contributed by atoms with Crippen LogP contribution in [0.15, 0.2) is 0 Å². The summed E-state index contributed by atoms with van der Waals surface area (Å²) in [6.07, 6.45) is 0.393. The molecule has 1 rings (SSSR count). The maximum atomic E-state index is 11.9. The lowest BCUT2D eigenvalue weighted by Gasteiger charge is -2.18. The van der Waals surface area contributed by atoms with Gasteiger partial charge in [-0.25, -0.2) is 0 Å². The molecule has 0 spiro atoms. The molecular weight excluding hydrogens is 192 g/mol. The molecule has 0 aromatic rings. The summed E-state index contributed by atoms with van der Waals surface area (Å²) < 4.78 is 0. The molecule has 0 aromatic heterocycles. The minimum atomic E-state index is -0.0975. The lowest BCUT2D eigenvalue weighted by atomic mass is 9.94. The van der Waals surface area contributed by atoms with Crippen LogP contribution in [0.3, 0.4) is 0 Å². The SMILES string of the molecule is CC(C)C1CC(=O)N(CCN(C)C)C1=O. The summed E-state index contributed by atoms with van der Waals surface area (Å²) in [5.74, 6) is 0.155. The van der Waals surface area contributed by atoms with E-state index in [4.69, 9.17) is 0 Å². The molecule has 15 heavy (non-hydrogen) atoms. The highest BCUT2D eigenvalue weighted by Gasteiger charge is 2.39. The van der Waals surface area contributed by atoms with Crippen molar-refractivity contribution in [2.24, 2.45) is 11.8 Å². The smallest absolute Gasteiger partial charge is 0.233 e. The molecular formula is C11H20N2O2. The van der Waals surface area contributed by atoms with Crippen LogP contribution in [0, 0.1) is 11.8 Å². The molecule has 1 aliphatic heterocycles. The molecule has 86 valence electrons. The molecule has 2 amide bonds. The minimum absolute atomic E-state index is 0.0110. The first-order valence-corrected chi connectivity index (χ1v) is 5.42. The third-order valence-electron chi connectivity index (χ3n) is 2.85. The van der Waals surface area contributed by atoms with Crippen molar-refractivity contribution >= 4 is 11.8 Å². The summed E-state index contributed by atoms with van der Waals surface area (Å²) in [5.41, 5.74) is 0. The van der Waals surface area contributed by atoms with Gasteiger partial charge in [-0.1, -0.05) is 13.8 Å². The van der Waals surface area contributed by atoms with E-state index in [1.165, 1.54) is 4.90 Å². The summed E-state index contributed by atoms with van der Waals surface area (Å²) in [5, 5.41) is 0. The lowest BCUT2D eigenvalue weighted by molar-refractivity contribution is -0.139. The van der Waals surface area contributed by atoms with Crippen molar-refractivity contribution in [3.8, 4) is 0 Å². The van der Waals surface area contributed by atoms with Crippen LogP contribution in [0.2, 0.25) is 0 Å². The van der Waals surface area contributed by atoms with Gasteiger partial charge < -0.3 is 4.90 Å². The first-order valence-electron chi connectivity index (χ1n) is 5.42. The lowest BCUT2D eigenvalue weighted by Crippen LogP contribution is -2.37. The van der Waals surface area contributed by atoms with Crippen LogP contribution in [0.5, 0.6) is 0 Å². The molecule has 1 atom stereocenters. The van der Waals surface area contributed by atoms with Crippen molar-refractivity contribution in [1.82, 2.24) is 9.80 Å². The number of hydrogen-bond donors (Lipinski definition) is 0. The van der Waals surface area contributed by atoms with Crippen molar-refractivity contribution in [2.75, 3.05) is 27.2 Å². The molecule has 4 heteroatoms. The standard InChI is InChI=1S/C11H20N2O2/c1-8(2)9-7-10(14)13(11(9)15)6-5-12(3)4/h8-9H,5-7H2,1-4H3. The number of likely N-dealkylation sites (tertiary alicyclic amines) is 1. The van der Waals surface area contributed by atoms with Crippen molar-refractivity contribution in [3.63, 3.8) is 0 Å². The quantitative estimate of drug-likeness (QED) is 0.640. The molecule has 1 heterocycles. The van der Waals surface area contributed by atoms with Crippen LogP contribution in [-0.4, -0.2) is 48.8 Å². The summed E-state index contributed by atoms with van der Waals surface area (Å²) in [7, 11) is 3.87. The first-order chi connectivity index (χ1) is 6.93. The highest BCUT2D eigenvalue weighted by molar-refractivity contribution is 6.03. The van der Waals surface area contributed by atoms with Gasteiger partial charge in [-0.2, -0.15) is 0 Å². The number of rotatable bonds is 4. The van der Waals surface area contributed by atoms with Crippen molar-refractivity contribution in [2.45, 2.75) is 20.3 Å². The third kappa shape index (κ3) is 2.78. The van der Waals surface area contributed by atoms with Crippen LogP contribution >= 0.6 is 0 Å². The molecule has 1 aliphatic rings. The number of carbonyl (C=O) groups excluding carboxylic acids is 2. The summed E-state index contributed by atoms with van der Waals surface area (Å²) in [4.78, 5) is 26.8. The van der Waals surface area contributed by atoms with E-state index in [1.807, 2.05) is 32.8 Å². The largest absolute Gasteiger partial charge is 0.308 e. The number of likely N-dealkylation sites (N-methyl/N-ethyl adjacent to an activating group) is 1. The van der Waals surface area contributed by atoms with Crippen molar-refractivity contribution in [3.05, 3.63) is 0 Å². The zero-order valence-corrected chi connectivity index (χ0v) is 9.99. The third-order valence-corrected chi connectivity index (χ3v) is 2.85. The normalized spacial score (nSPS) is 22.3. The molecule has 4 nitrogen and oxygen atoms in total. The Morgan fingerprint density at radius 1 is 1.40 bits per heavy atom.